The number of anilines is 1. The summed E-state index contributed by atoms with van der Waals surface area (Å²) in [7, 11) is 2.04. The molecule has 0 radical (unpaired) electrons. The van der Waals surface area contributed by atoms with Crippen molar-refractivity contribution < 1.29 is 4.74 Å². The van der Waals surface area contributed by atoms with Crippen LogP contribution in [0.1, 0.15) is 31.7 Å². The van der Waals surface area contributed by atoms with E-state index in [0.717, 1.165) is 35.4 Å². The number of nitrogens with zero attached hydrogens (tertiary/aromatic N) is 3. The molecule has 1 aromatic heterocycles. The number of hydrogen-bond acceptors (Lipinski definition) is 4. The zero-order valence-electron chi connectivity index (χ0n) is 15.1. The first kappa shape index (κ1) is 17.2. The molecular weight excluding hydrogens is 310 g/mol. The van der Waals surface area contributed by atoms with E-state index in [1.165, 1.54) is 5.56 Å². The van der Waals surface area contributed by atoms with Crippen LogP contribution in [0.5, 0.6) is 5.75 Å². The minimum absolute atomic E-state index is 0.500. The summed E-state index contributed by atoms with van der Waals surface area (Å²) < 4.78 is 6.08. The molecule has 0 amide bonds. The van der Waals surface area contributed by atoms with Crippen molar-refractivity contribution in [1.82, 2.24) is 9.97 Å². The number of aromatic nitrogens is 2. The van der Waals surface area contributed by atoms with Crippen LogP contribution in [0.2, 0.25) is 0 Å². The summed E-state index contributed by atoms with van der Waals surface area (Å²) in [5, 5.41) is 1.06. The zero-order chi connectivity index (χ0) is 17.6. The number of ether oxygens (including phenoxy) is 1. The fourth-order valence-corrected chi connectivity index (χ4v) is 2.93. The number of para-hydroxylation sites is 2. The van der Waals surface area contributed by atoms with Crippen LogP contribution in [0, 0.1) is 0 Å². The van der Waals surface area contributed by atoms with Gasteiger partial charge in [-0.15, -0.1) is 0 Å². The molecule has 3 aromatic rings. The fraction of sp³-hybridized carbons (Fsp3) is 0.333. The average Bonchev–Trinajstić information content (AvgIpc) is 2.67. The lowest BCUT2D eigenvalue weighted by atomic mass is 9.98. The maximum atomic E-state index is 6.08. The van der Waals surface area contributed by atoms with Gasteiger partial charge in [0.1, 0.15) is 24.5 Å². The molecular formula is C21H25N3O. The van der Waals surface area contributed by atoms with E-state index in [1.54, 1.807) is 6.33 Å². The number of benzene rings is 2. The van der Waals surface area contributed by atoms with E-state index in [2.05, 4.69) is 53.0 Å². The molecule has 0 fully saturated rings. The monoisotopic (exact) mass is 335 g/mol. The summed E-state index contributed by atoms with van der Waals surface area (Å²) in [6.07, 6.45) is 2.72. The molecule has 0 bridgehead atoms. The Hall–Kier alpha value is -2.62. The second kappa shape index (κ2) is 7.97. The Morgan fingerprint density at radius 1 is 1.04 bits per heavy atom. The predicted molar refractivity (Wildman–Crippen MR) is 103 cm³/mol. The first-order chi connectivity index (χ1) is 12.2. The molecule has 1 heterocycles. The van der Waals surface area contributed by atoms with E-state index in [0.29, 0.717) is 12.5 Å². The van der Waals surface area contributed by atoms with Crippen LogP contribution in [0.3, 0.4) is 0 Å². The van der Waals surface area contributed by atoms with Gasteiger partial charge in [0.05, 0.1) is 12.1 Å². The largest absolute Gasteiger partial charge is 0.491 e. The number of fused-ring (bicyclic) bond motifs is 1. The van der Waals surface area contributed by atoms with E-state index >= 15 is 0 Å². The first-order valence-corrected chi connectivity index (χ1v) is 8.83. The molecule has 130 valence electrons. The van der Waals surface area contributed by atoms with Gasteiger partial charge in [0.15, 0.2) is 0 Å². The van der Waals surface area contributed by atoms with Gasteiger partial charge in [-0.3, -0.25) is 0 Å². The van der Waals surface area contributed by atoms with Crippen molar-refractivity contribution in [2.45, 2.75) is 26.2 Å². The summed E-state index contributed by atoms with van der Waals surface area (Å²) >= 11 is 0. The molecule has 2 aromatic carbocycles. The highest BCUT2D eigenvalue weighted by atomic mass is 16.5. The van der Waals surface area contributed by atoms with Gasteiger partial charge >= 0.3 is 0 Å². The molecule has 4 heteroatoms. The molecule has 1 unspecified atom stereocenters. The summed E-state index contributed by atoms with van der Waals surface area (Å²) in [5.74, 6) is 2.42. The normalized spacial score (nSPS) is 12.1. The van der Waals surface area contributed by atoms with E-state index < -0.39 is 0 Å². The summed E-state index contributed by atoms with van der Waals surface area (Å²) in [5.41, 5.74) is 2.24. The Balaban J connectivity index is 1.68. The molecule has 0 saturated heterocycles. The minimum Gasteiger partial charge on any atom is -0.491 e. The van der Waals surface area contributed by atoms with E-state index in [9.17, 15) is 0 Å². The smallest absolute Gasteiger partial charge is 0.139 e. The maximum Gasteiger partial charge on any atom is 0.139 e. The van der Waals surface area contributed by atoms with Gasteiger partial charge in [-0.25, -0.2) is 9.97 Å². The maximum absolute atomic E-state index is 6.08. The average molecular weight is 335 g/mol. The van der Waals surface area contributed by atoms with Crippen molar-refractivity contribution in [1.29, 1.82) is 0 Å². The number of hydrogen-bond donors (Lipinski definition) is 0. The molecule has 3 rings (SSSR count). The highest BCUT2D eigenvalue weighted by Gasteiger charge is 2.11. The molecule has 0 spiro atoms. The molecule has 0 saturated carbocycles. The van der Waals surface area contributed by atoms with Crippen LogP contribution < -0.4 is 9.64 Å². The third-order valence-electron chi connectivity index (χ3n) is 4.63. The summed E-state index contributed by atoms with van der Waals surface area (Å²) in [6, 6.07) is 16.4. The Bertz CT molecular complexity index is 829. The predicted octanol–water partition coefficient (Wildman–Crippen LogP) is 4.66. The Kier molecular flexibility index (Phi) is 5.49. The van der Waals surface area contributed by atoms with Crippen LogP contribution >= 0.6 is 0 Å². The van der Waals surface area contributed by atoms with Gasteiger partial charge in [-0.05, 0) is 36.1 Å². The lowest BCUT2D eigenvalue weighted by molar-refractivity contribution is 0.320. The molecule has 25 heavy (non-hydrogen) atoms. The third kappa shape index (κ3) is 3.90. The zero-order valence-corrected chi connectivity index (χ0v) is 15.1. The SMILES string of the molecule is CCC(C)c1ccccc1OCCN(C)c1ncnc2ccccc12. The molecule has 0 aliphatic rings. The Labute approximate surface area is 149 Å². The van der Waals surface area contributed by atoms with Gasteiger partial charge in [0, 0.05) is 12.4 Å². The van der Waals surface area contributed by atoms with Crippen molar-refractivity contribution >= 4 is 16.7 Å². The van der Waals surface area contributed by atoms with Gasteiger partial charge in [0.25, 0.3) is 0 Å². The lowest BCUT2D eigenvalue weighted by Crippen LogP contribution is -2.25. The highest BCUT2D eigenvalue weighted by molar-refractivity contribution is 5.89. The summed E-state index contributed by atoms with van der Waals surface area (Å²) in [4.78, 5) is 10.9. The van der Waals surface area contributed by atoms with Gasteiger partial charge < -0.3 is 9.64 Å². The van der Waals surface area contributed by atoms with Crippen molar-refractivity contribution in [3.8, 4) is 5.75 Å². The molecule has 1 atom stereocenters. The number of rotatable bonds is 7. The van der Waals surface area contributed by atoms with E-state index in [4.69, 9.17) is 4.74 Å². The topological polar surface area (TPSA) is 38.2 Å². The standard InChI is InChI=1S/C21H25N3O/c1-4-16(2)17-9-6-8-12-20(17)25-14-13-24(3)21-18-10-5-7-11-19(18)22-15-23-21/h5-12,15-16H,4,13-14H2,1-3H3. The quantitative estimate of drug-likeness (QED) is 0.629. The Morgan fingerprint density at radius 2 is 1.80 bits per heavy atom. The Morgan fingerprint density at radius 3 is 2.64 bits per heavy atom. The molecule has 0 N–H and O–H groups in total. The van der Waals surface area contributed by atoms with Gasteiger partial charge in [0.2, 0.25) is 0 Å². The second-order valence-corrected chi connectivity index (χ2v) is 6.33. The van der Waals surface area contributed by atoms with E-state index in [-0.39, 0.29) is 0 Å². The van der Waals surface area contributed by atoms with Crippen molar-refractivity contribution in [2.75, 3.05) is 25.1 Å². The number of likely N-dealkylation sites (N-methyl/N-ethyl adjacent to an activating group) is 1. The van der Waals surface area contributed by atoms with E-state index in [1.807, 2.05) is 31.3 Å². The van der Waals surface area contributed by atoms with Crippen molar-refractivity contribution in [3.63, 3.8) is 0 Å². The third-order valence-corrected chi connectivity index (χ3v) is 4.63. The van der Waals surface area contributed by atoms with Crippen LogP contribution in [0.4, 0.5) is 5.82 Å². The van der Waals surface area contributed by atoms with Crippen molar-refractivity contribution in [2.24, 2.45) is 0 Å². The fourth-order valence-electron chi connectivity index (χ4n) is 2.93. The van der Waals surface area contributed by atoms with Crippen LogP contribution in [0.25, 0.3) is 10.9 Å². The molecule has 0 aliphatic heterocycles. The first-order valence-electron chi connectivity index (χ1n) is 8.83. The highest BCUT2D eigenvalue weighted by Crippen LogP contribution is 2.28. The van der Waals surface area contributed by atoms with Crippen LogP contribution in [-0.2, 0) is 0 Å². The van der Waals surface area contributed by atoms with Crippen LogP contribution in [0.15, 0.2) is 54.9 Å². The van der Waals surface area contributed by atoms with Crippen molar-refractivity contribution in [3.05, 3.63) is 60.4 Å². The van der Waals surface area contributed by atoms with Crippen LogP contribution in [-0.4, -0.2) is 30.2 Å². The molecule has 0 aliphatic carbocycles. The second-order valence-electron chi connectivity index (χ2n) is 6.33. The lowest BCUT2D eigenvalue weighted by Gasteiger charge is -2.21. The van der Waals surface area contributed by atoms with Gasteiger partial charge in [-0.2, -0.15) is 0 Å². The summed E-state index contributed by atoms with van der Waals surface area (Å²) in [6.45, 7) is 5.81. The molecule has 4 nitrogen and oxygen atoms in total. The van der Waals surface area contributed by atoms with Gasteiger partial charge in [-0.1, -0.05) is 44.2 Å². The minimum atomic E-state index is 0.500.